The lowest BCUT2D eigenvalue weighted by atomic mass is 9.73. The average molecular weight is 465 g/mol. The van der Waals surface area contributed by atoms with Gasteiger partial charge in [-0.25, -0.2) is 0 Å². The number of hydrogen-bond donors (Lipinski definition) is 0. The lowest BCUT2D eigenvalue weighted by Crippen LogP contribution is -2.57. The molecule has 35 heavy (non-hydrogen) atoms. The van der Waals surface area contributed by atoms with Crippen LogP contribution in [0.25, 0.3) is 0 Å². The fourth-order valence-electron chi connectivity index (χ4n) is 5.97. The summed E-state index contributed by atoms with van der Waals surface area (Å²) < 4.78 is 18.0. The molecule has 0 aromatic heterocycles. The maximum absolute atomic E-state index is 6.98. The second-order valence-electron chi connectivity index (χ2n) is 8.92. The first-order valence-electron chi connectivity index (χ1n) is 11.8. The predicted molar refractivity (Wildman–Crippen MR) is 138 cm³/mol. The lowest BCUT2D eigenvalue weighted by Gasteiger charge is -2.47. The SMILES string of the molecule is COc1ccc(C23OCN(c4ccccc4)C2(c2ccc(OC)cc2)c2ccccc2N3C)cc1. The van der Waals surface area contributed by atoms with Gasteiger partial charge in [0.2, 0.25) is 5.72 Å². The molecule has 0 bridgehead atoms. The van der Waals surface area contributed by atoms with Gasteiger partial charge in [0, 0.05) is 29.5 Å². The van der Waals surface area contributed by atoms with E-state index in [4.69, 9.17) is 14.2 Å². The maximum atomic E-state index is 6.98. The summed E-state index contributed by atoms with van der Waals surface area (Å²) in [6.45, 7) is 0.431. The zero-order valence-electron chi connectivity index (χ0n) is 20.1. The molecule has 0 saturated carbocycles. The van der Waals surface area contributed by atoms with Crippen molar-refractivity contribution in [1.82, 2.24) is 0 Å². The minimum absolute atomic E-state index is 0.431. The van der Waals surface area contributed by atoms with E-state index in [1.807, 2.05) is 30.3 Å². The Hall–Kier alpha value is -3.96. The molecule has 2 unspecified atom stereocenters. The zero-order chi connectivity index (χ0) is 24.0. The Bertz CT molecular complexity index is 1340. The smallest absolute Gasteiger partial charge is 0.201 e. The van der Waals surface area contributed by atoms with Crippen molar-refractivity contribution in [2.75, 3.05) is 37.8 Å². The Balaban J connectivity index is 1.71. The van der Waals surface area contributed by atoms with Crippen molar-refractivity contribution >= 4 is 11.4 Å². The largest absolute Gasteiger partial charge is 0.497 e. The molecule has 176 valence electrons. The zero-order valence-corrected chi connectivity index (χ0v) is 20.1. The number of benzene rings is 4. The Morgan fingerprint density at radius 2 is 1.26 bits per heavy atom. The van der Waals surface area contributed by atoms with Crippen LogP contribution < -0.4 is 19.3 Å². The number of methoxy groups -OCH3 is 2. The van der Waals surface area contributed by atoms with Gasteiger partial charge in [-0.05, 0) is 48.0 Å². The molecule has 2 atom stereocenters. The number of likely N-dealkylation sites (N-methyl/N-ethyl adjacent to an activating group) is 1. The van der Waals surface area contributed by atoms with E-state index in [1.165, 1.54) is 5.56 Å². The number of ether oxygens (including phenoxy) is 3. The highest BCUT2D eigenvalue weighted by molar-refractivity contribution is 5.76. The van der Waals surface area contributed by atoms with Crippen molar-refractivity contribution in [3.05, 3.63) is 120 Å². The van der Waals surface area contributed by atoms with Gasteiger partial charge in [0.05, 0.1) is 14.2 Å². The van der Waals surface area contributed by atoms with Crippen LogP contribution in [0.2, 0.25) is 0 Å². The molecular weight excluding hydrogens is 436 g/mol. The van der Waals surface area contributed by atoms with Crippen molar-refractivity contribution < 1.29 is 14.2 Å². The summed E-state index contributed by atoms with van der Waals surface area (Å²) in [5.41, 5.74) is 4.17. The lowest BCUT2D eigenvalue weighted by molar-refractivity contribution is -0.0201. The van der Waals surface area contributed by atoms with Crippen LogP contribution in [-0.2, 0) is 16.0 Å². The van der Waals surface area contributed by atoms with Gasteiger partial charge in [0.15, 0.2) is 0 Å². The highest BCUT2D eigenvalue weighted by Gasteiger charge is 2.70. The van der Waals surface area contributed by atoms with Crippen LogP contribution in [0, 0.1) is 0 Å². The van der Waals surface area contributed by atoms with Crippen LogP contribution in [0.15, 0.2) is 103 Å². The number of anilines is 2. The van der Waals surface area contributed by atoms with Crippen molar-refractivity contribution in [2.24, 2.45) is 0 Å². The van der Waals surface area contributed by atoms with E-state index in [0.717, 1.165) is 34.0 Å². The number of fused-ring (bicyclic) bond motifs is 3. The fraction of sp³-hybridized carbons (Fsp3) is 0.200. The van der Waals surface area contributed by atoms with Crippen molar-refractivity contribution in [3.8, 4) is 11.5 Å². The molecule has 1 fully saturated rings. The van der Waals surface area contributed by atoms with E-state index < -0.39 is 11.3 Å². The van der Waals surface area contributed by atoms with E-state index in [-0.39, 0.29) is 0 Å². The maximum Gasteiger partial charge on any atom is 0.201 e. The van der Waals surface area contributed by atoms with Gasteiger partial charge in [-0.3, -0.25) is 0 Å². The molecule has 0 radical (unpaired) electrons. The van der Waals surface area contributed by atoms with E-state index in [0.29, 0.717) is 6.73 Å². The Morgan fingerprint density at radius 3 is 1.89 bits per heavy atom. The Labute approximate surface area is 206 Å². The number of rotatable bonds is 5. The Kier molecular flexibility index (Phi) is 4.97. The summed E-state index contributed by atoms with van der Waals surface area (Å²) in [7, 11) is 5.51. The van der Waals surface area contributed by atoms with Crippen LogP contribution in [0.1, 0.15) is 16.7 Å². The normalized spacial score (nSPS) is 22.6. The molecule has 5 nitrogen and oxygen atoms in total. The van der Waals surface area contributed by atoms with Crippen LogP contribution in [0.4, 0.5) is 11.4 Å². The minimum atomic E-state index is -0.812. The third-order valence-electron chi connectivity index (χ3n) is 7.48. The molecule has 0 spiro atoms. The third-order valence-corrected chi connectivity index (χ3v) is 7.48. The first-order chi connectivity index (χ1) is 17.2. The van der Waals surface area contributed by atoms with Gasteiger partial charge < -0.3 is 24.0 Å². The van der Waals surface area contributed by atoms with E-state index in [2.05, 4.69) is 89.6 Å². The predicted octanol–water partition coefficient (Wildman–Crippen LogP) is 5.74. The molecule has 2 heterocycles. The van der Waals surface area contributed by atoms with Gasteiger partial charge in [0.25, 0.3) is 0 Å². The quantitative estimate of drug-likeness (QED) is 0.376. The second-order valence-corrected chi connectivity index (χ2v) is 8.92. The van der Waals surface area contributed by atoms with Gasteiger partial charge >= 0.3 is 0 Å². The topological polar surface area (TPSA) is 34.2 Å². The summed E-state index contributed by atoms with van der Waals surface area (Å²) in [6.07, 6.45) is 0. The van der Waals surface area contributed by atoms with Gasteiger partial charge in [-0.15, -0.1) is 0 Å². The molecule has 2 aliphatic heterocycles. The molecule has 0 aliphatic carbocycles. The van der Waals surface area contributed by atoms with Crippen LogP contribution in [0.3, 0.4) is 0 Å². The standard InChI is InChI=1S/C30H28N2O3/c1-31-28-12-8-7-11-27(28)29(22-13-17-25(33-2)18-14-22)30(31,23-15-19-26(34-3)20-16-23)35-21-32(29)24-9-5-4-6-10-24/h4-20H,21H2,1-3H3. The number of para-hydroxylation sites is 2. The minimum Gasteiger partial charge on any atom is -0.497 e. The van der Waals surface area contributed by atoms with E-state index in [9.17, 15) is 0 Å². The summed E-state index contributed by atoms with van der Waals surface area (Å²) in [6, 6.07) is 35.8. The summed E-state index contributed by atoms with van der Waals surface area (Å²) in [5, 5.41) is 0. The summed E-state index contributed by atoms with van der Waals surface area (Å²) >= 11 is 0. The third kappa shape index (κ3) is 2.79. The molecule has 4 aromatic rings. The average Bonchev–Trinajstić information content (AvgIpc) is 3.40. The molecular formula is C30H28N2O3. The number of nitrogens with zero attached hydrogens (tertiary/aromatic N) is 2. The first kappa shape index (κ1) is 21.6. The monoisotopic (exact) mass is 464 g/mol. The highest BCUT2D eigenvalue weighted by atomic mass is 16.5. The Morgan fingerprint density at radius 1 is 0.686 bits per heavy atom. The molecule has 0 N–H and O–H groups in total. The van der Waals surface area contributed by atoms with Gasteiger partial charge in [-0.2, -0.15) is 0 Å². The second kappa shape index (κ2) is 8.07. The summed E-state index contributed by atoms with van der Waals surface area (Å²) in [5.74, 6) is 1.64. The van der Waals surface area contributed by atoms with Crippen molar-refractivity contribution in [1.29, 1.82) is 0 Å². The fourth-order valence-corrected chi connectivity index (χ4v) is 5.97. The molecule has 5 heteroatoms. The first-order valence-corrected chi connectivity index (χ1v) is 11.8. The van der Waals surface area contributed by atoms with E-state index in [1.54, 1.807) is 14.2 Å². The van der Waals surface area contributed by atoms with Crippen LogP contribution in [-0.4, -0.2) is 28.0 Å². The van der Waals surface area contributed by atoms with Crippen LogP contribution in [0.5, 0.6) is 11.5 Å². The van der Waals surface area contributed by atoms with Crippen molar-refractivity contribution in [3.63, 3.8) is 0 Å². The molecule has 4 aromatic carbocycles. The van der Waals surface area contributed by atoms with E-state index >= 15 is 0 Å². The molecule has 1 saturated heterocycles. The number of hydrogen-bond acceptors (Lipinski definition) is 5. The van der Waals surface area contributed by atoms with Gasteiger partial charge in [0.1, 0.15) is 23.8 Å². The summed E-state index contributed by atoms with van der Waals surface area (Å²) in [4.78, 5) is 4.68. The highest BCUT2D eigenvalue weighted by Crippen LogP contribution is 2.65. The van der Waals surface area contributed by atoms with Crippen molar-refractivity contribution in [2.45, 2.75) is 11.3 Å². The molecule has 6 rings (SSSR count). The van der Waals surface area contributed by atoms with Gasteiger partial charge in [-0.1, -0.05) is 60.7 Å². The molecule has 2 aliphatic rings. The van der Waals surface area contributed by atoms with Crippen LogP contribution >= 0.6 is 0 Å². The molecule has 0 amide bonds.